The van der Waals surface area contributed by atoms with Gasteiger partial charge in [-0.15, -0.1) is 0 Å². The highest BCUT2D eigenvalue weighted by Crippen LogP contribution is 2.20. The molecule has 0 radical (unpaired) electrons. The summed E-state index contributed by atoms with van der Waals surface area (Å²) in [7, 11) is 2.19. The van der Waals surface area contributed by atoms with Crippen molar-refractivity contribution in [2.75, 3.05) is 26.8 Å². The molecular weight excluding hydrogens is 138 g/mol. The smallest absolute Gasteiger partial charge is 0.0621 e. The second-order valence-electron chi connectivity index (χ2n) is 3.59. The average molecular weight is 157 g/mol. The summed E-state index contributed by atoms with van der Waals surface area (Å²) < 4.78 is 5.39. The number of hydrogen-bond acceptors (Lipinski definition) is 2. The maximum absolute atomic E-state index is 5.39. The fraction of sp³-hybridized carbons (Fsp3) is 1.00. The van der Waals surface area contributed by atoms with E-state index in [1.165, 1.54) is 13.0 Å². The van der Waals surface area contributed by atoms with Gasteiger partial charge in [-0.05, 0) is 26.3 Å². The third kappa shape index (κ3) is 2.46. The van der Waals surface area contributed by atoms with Gasteiger partial charge in [0.1, 0.15) is 0 Å². The minimum Gasteiger partial charge on any atom is -0.380 e. The largest absolute Gasteiger partial charge is 0.380 e. The fourth-order valence-electron chi connectivity index (χ4n) is 1.81. The van der Waals surface area contributed by atoms with Crippen LogP contribution in [0.4, 0.5) is 0 Å². The molecule has 2 nitrogen and oxygen atoms in total. The van der Waals surface area contributed by atoms with E-state index >= 15 is 0 Å². The summed E-state index contributed by atoms with van der Waals surface area (Å²) in [6, 6.07) is 0.671. The molecule has 0 aromatic heterocycles. The Morgan fingerprint density at radius 3 is 2.73 bits per heavy atom. The molecule has 1 aliphatic heterocycles. The SMILES string of the molecule is CCOC[C@@H]1C[C@H](C)CN1C. The second-order valence-corrected chi connectivity index (χ2v) is 3.59. The summed E-state index contributed by atoms with van der Waals surface area (Å²) in [5, 5.41) is 0. The summed E-state index contributed by atoms with van der Waals surface area (Å²) in [5.41, 5.74) is 0. The number of likely N-dealkylation sites (N-methyl/N-ethyl adjacent to an activating group) is 1. The van der Waals surface area contributed by atoms with E-state index in [0.717, 1.165) is 19.1 Å². The van der Waals surface area contributed by atoms with Crippen LogP contribution in [0.15, 0.2) is 0 Å². The van der Waals surface area contributed by atoms with Gasteiger partial charge in [0.2, 0.25) is 0 Å². The standard InChI is InChI=1S/C9H19NO/c1-4-11-7-9-5-8(2)6-10(9)3/h8-9H,4-7H2,1-3H3/t8-,9-/m0/s1. The van der Waals surface area contributed by atoms with Gasteiger partial charge < -0.3 is 9.64 Å². The predicted octanol–water partition coefficient (Wildman–Crippen LogP) is 1.36. The lowest BCUT2D eigenvalue weighted by Crippen LogP contribution is -2.29. The van der Waals surface area contributed by atoms with E-state index in [2.05, 4.69) is 25.8 Å². The highest BCUT2D eigenvalue weighted by atomic mass is 16.5. The van der Waals surface area contributed by atoms with Crippen molar-refractivity contribution in [2.24, 2.45) is 5.92 Å². The molecule has 0 bridgehead atoms. The number of nitrogens with zero attached hydrogens (tertiary/aromatic N) is 1. The van der Waals surface area contributed by atoms with Crippen LogP contribution in [0.3, 0.4) is 0 Å². The number of likely N-dealkylation sites (tertiary alicyclic amines) is 1. The van der Waals surface area contributed by atoms with Crippen molar-refractivity contribution in [3.63, 3.8) is 0 Å². The van der Waals surface area contributed by atoms with E-state index in [-0.39, 0.29) is 0 Å². The highest BCUT2D eigenvalue weighted by molar-refractivity contribution is 4.80. The fourth-order valence-corrected chi connectivity index (χ4v) is 1.81. The van der Waals surface area contributed by atoms with Gasteiger partial charge in [0, 0.05) is 19.2 Å². The summed E-state index contributed by atoms with van der Waals surface area (Å²) in [6.45, 7) is 7.36. The van der Waals surface area contributed by atoms with Crippen LogP contribution in [0, 0.1) is 5.92 Å². The summed E-state index contributed by atoms with van der Waals surface area (Å²) >= 11 is 0. The molecule has 0 spiro atoms. The molecule has 0 N–H and O–H groups in total. The average Bonchev–Trinajstić information content (AvgIpc) is 2.26. The van der Waals surface area contributed by atoms with E-state index in [0.29, 0.717) is 6.04 Å². The molecule has 2 atom stereocenters. The monoisotopic (exact) mass is 157 g/mol. The van der Waals surface area contributed by atoms with Crippen LogP contribution in [0.25, 0.3) is 0 Å². The van der Waals surface area contributed by atoms with Gasteiger partial charge in [-0.3, -0.25) is 0 Å². The molecular formula is C9H19NO. The molecule has 2 heteroatoms. The minimum atomic E-state index is 0.671. The Morgan fingerprint density at radius 2 is 2.27 bits per heavy atom. The normalized spacial score (nSPS) is 33.0. The molecule has 0 saturated carbocycles. The Labute approximate surface area is 69.5 Å². The zero-order valence-corrected chi connectivity index (χ0v) is 7.84. The molecule has 1 heterocycles. The maximum Gasteiger partial charge on any atom is 0.0621 e. The van der Waals surface area contributed by atoms with Crippen LogP contribution in [0.5, 0.6) is 0 Å². The van der Waals surface area contributed by atoms with Crippen LogP contribution in [0.2, 0.25) is 0 Å². The lowest BCUT2D eigenvalue weighted by Gasteiger charge is -2.18. The van der Waals surface area contributed by atoms with Crippen LogP contribution < -0.4 is 0 Å². The predicted molar refractivity (Wildman–Crippen MR) is 46.7 cm³/mol. The van der Waals surface area contributed by atoms with Gasteiger partial charge >= 0.3 is 0 Å². The third-order valence-corrected chi connectivity index (χ3v) is 2.41. The molecule has 11 heavy (non-hydrogen) atoms. The zero-order valence-electron chi connectivity index (χ0n) is 7.84. The van der Waals surface area contributed by atoms with Crippen molar-refractivity contribution in [3.05, 3.63) is 0 Å². The van der Waals surface area contributed by atoms with E-state index in [1.807, 2.05) is 0 Å². The third-order valence-electron chi connectivity index (χ3n) is 2.41. The van der Waals surface area contributed by atoms with Gasteiger partial charge in [-0.25, -0.2) is 0 Å². The Bertz CT molecular complexity index is 116. The lowest BCUT2D eigenvalue weighted by atomic mass is 10.1. The highest BCUT2D eigenvalue weighted by Gasteiger charge is 2.25. The second kappa shape index (κ2) is 4.07. The van der Waals surface area contributed by atoms with Crippen molar-refractivity contribution in [1.29, 1.82) is 0 Å². The minimum absolute atomic E-state index is 0.671. The molecule has 0 aromatic carbocycles. The Hall–Kier alpha value is -0.0800. The molecule has 1 aliphatic rings. The number of ether oxygens (including phenoxy) is 1. The molecule has 66 valence electrons. The topological polar surface area (TPSA) is 12.5 Å². The number of hydrogen-bond donors (Lipinski definition) is 0. The van der Waals surface area contributed by atoms with E-state index < -0.39 is 0 Å². The zero-order chi connectivity index (χ0) is 8.27. The first-order valence-corrected chi connectivity index (χ1v) is 4.52. The number of rotatable bonds is 3. The van der Waals surface area contributed by atoms with Crippen LogP contribution in [0.1, 0.15) is 20.3 Å². The Balaban J connectivity index is 2.23. The summed E-state index contributed by atoms with van der Waals surface area (Å²) in [4.78, 5) is 2.40. The van der Waals surface area contributed by atoms with Crippen molar-refractivity contribution in [2.45, 2.75) is 26.3 Å². The lowest BCUT2D eigenvalue weighted by molar-refractivity contribution is 0.0950. The van der Waals surface area contributed by atoms with Crippen LogP contribution in [-0.2, 0) is 4.74 Å². The molecule has 1 rings (SSSR count). The first kappa shape index (κ1) is 9.01. The molecule has 1 saturated heterocycles. The summed E-state index contributed by atoms with van der Waals surface area (Å²) in [5.74, 6) is 0.852. The van der Waals surface area contributed by atoms with E-state index in [1.54, 1.807) is 0 Å². The molecule has 1 fully saturated rings. The van der Waals surface area contributed by atoms with Crippen molar-refractivity contribution in [1.82, 2.24) is 4.90 Å². The summed E-state index contributed by atoms with van der Waals surface area (Å²) in [6.07, 6.45) is 1.30. The van der Waals surface area contributed by atoms with Gasteiger partial charge in [-0.2, -0.15) is 0 Å². The molecule has 0 amide bonds. The van der Waals surface area contributed by atoms with E-state index in [4.69, 9.17) is 4.74 Å². The van der Waals surface area contributed by atoms with Gasteiger partial charge in [0.15, 0.2) is 0 Å². The van der Waals surface area contributed by atoms with Crippen molar-refractivity contribution in [3.8, 4) is 0 Å². The Kier molecular flexibility index (Phi) is 3.34. The molecule has 0 unspecified atom stereocenters. The van der Waals surface area contributed by atoms with Gasteiger partial charge in [0.05, 0.1) is 6.61 Å². The van der Waals surface area contributed by atoms with Crippen LogP contribution >= 0.6 is 0 Å². The van der Waals surface area contributed by atoms with Gasteiger partial charge in [0.25, 0.3) is 0 Å². The van der Waals surface area contributed by atoms with Crippen molar-refractivity contribution >= 4 is 0 Å². The van der Waals surface area contributed by atoms with E-state index in [9.17, 15) is 0 Å². The van der Waals surface area contributed by atoms with Crippen LogP contribution in [-0.4, -0.2) is 37.7 Å². The van der Waals surface area contributed by atoms with Crippen molar-refractivity contribution < 1.29 is 4.74 Å². The first-order valence-electron chi connectivity index (χ1n) is 4.52. The molecule has 0 aliphatic carbocycles. The maximum atomic E-state index is 5.39. The Morgan fingerprint density at radius 1 is 1.55 bits per heavy atom. The molecule has 0 aromatic rings. The van der Waals surface area contributed by atoms with Gasteiger partial charge in [-0.1, -0.05) is 6.92 Å². The quantitative estimate of drug-likeness (QED) is 0.613. The first-order chi connectivity index (χ1) is 5.24.